The lowest BCUT2D eigenvalue weighted by Gasteiger charge is -2.41. The van der Waals surface area contributed by atoms with Crippen LogP contribution in [0.3, 0.4) is 0 Å². The summed E-state index contributed by atoms with van der Waals surface area (Å²) >= 11 is 0. The van der Waals surface area contributed by atoms with Crippen molar-refractivity contribution in [3.05, 3.63) is 47.1 Å². The van der Waals surface area contributed by atoms with Gasteiger partial charge in [0.2, 0.25) is 0 Å². The van der Waals surface area contributed by atoms with E-state index >= 15 is 0 Å². The lowest BCUT2D eigenvalue weighted by atomic mass is 9.64. The highest BCUT2D eigenvalue weighted by molar-refractivity contribution is 5.57. The molecule has 0 spiro atoms. The second kappa shape index (κ2) is 12.8. The minimum absolute atomic E-state index is 0.429. The zero-order valence-corrected chi connectivity index (χ0v) is 25.0. The molecule has 0 aromatic heterocycles. The van der Waals surface area contributed by atoms with Gasteiger partial charge in [0, 0.05) is 0 Å². The predicted molar refractivity (Wildman–Crippen MR) is 159 cm³/mol. The summed E-state index contributed by atoms with van der Waals surface area (Å²) in [6.45, 7) is 19.9. The molecule has 1 heteroatoms. The SMILES string of the molecule is CCC=C(CC)C1(C)CCC(C(C)/C=C/c2cccc(OCCC3CCC(C)C(C)(C)C3)c2C)CC1. The van der Waals surface area contributed by atoms with Gasteiger partial charge in [-0.3, -0.25) is 0 Å². The summed E-state index contributed by atoms with van der Waals surface area (Å²) in [5.41, 5.74) is 5.19. The van der Waals surface area contributed by atoms with E-state index in [1.54, 1.807) is 5.57 Å². The maximum absolute atomic E-state index is 6.33. The molecular weight excluding hydrogens is 436 g/mol. The Bertz CT molecular complexity index is 880. The number of rotatable bonds is 10. The van der Waals surface area contributed by atoms with E-state index < -0.39 is 0 Å². The summed E-state index contributed by atoms with van der Waals surface area (Å²) in [5, 5.41) is 0. The van der Waals surface area contributed by atoms with Gasteiger partial charge in [-0.05, 0) is 116 Å². The standard InChI is InChI=1S/C35H56O/c1-9-12-32(10-2)35(8)22-19-30(20-23-35)26(3)15-18-31-13-11-14-33(28(31)5)36-24-21-29-17-16-27(4)34(6,7)25-29/h11-15,18,26-27,29-30H,9-10,16-17,19-25H2,1-8H3/b18-15+,32-12?. The molecule has 0 amide bonds. The molecule has 36 heavy (non-hydrogen) atoms. The second-order valence-electron chi connectivity index (χ2n) is 13.3. The monoisotopic (exact) mass is 492 g/mol. The maximum atomic E-state index is 6.33. The fourth-order valence-electron chi connectivity index (χ4n) is 7.07. The minimum atomic E-state index is 0.429. The van der Waals surface area contributed by atoms with E-state index in [4.69, 9.17) is 4.74 Å². The summed E-state index contributed by atoms with van der Waals surface area (Å²) in [7, 11) is 0. The van der Waals surface area contributed by atoms with E-state index in [1.807, 2.05) is 0 Å². The molecule has 3 unspecified atom stereocenters. The average Bonchev–Trinajstić information content (AvgIpc) is 2.85. The van der Waals surface area contributed by atoms with Gasteiger partial charge in [-0.1, -0.05) is 90.8 Å². The molecule has 2 aliphatic rings. The van der Waals surface area contributed by atoms with Gasteiger partial charge in [0.1, 0.15) is 5.75 Å². The fourth-order valence-corrected chi connectivity index (χ4v) is 7.07. The van der Waals surface area contributed by atoms with Gasteiger partial charge in [0.25, 0.3) is 0 Å². The van der Waals surface area contributed by atoms with Crippen molar-refractivity contribution < 1.29 is 4.74 Å². The summed E-state index contributed by atoms with van der Waals surface area (Å²) in [4.78, 5) is 0. The number of hydrogen-bond donors (Lipinski definition) is 0. The van der Waals surface area contributed by atoms with Gasteiger partial charge in [0.05, 0.1) is 6.61 Å². The van der Waals surface area contributed by atoms with Crippen LogP contribution in [0.1, 0.15) is 124 Å². The number of benzene rings is 1. The fraction of sp³-hybridized carbons (Fsp3) is 0.714. The maximum Gasteiger partial charge on any atom is 0.122 e. The minimum Gasteiger partial charge on any atom is -0.493 e. The van der Waals surface area contributed by atoms with Gasteiger partial charge >= 0.3 is 0 Å². The van der Waals surface area contributed by atoms with Crippen LogP contribution in [0.25, 0.3) is 6.08 Å². The molecular formula is C35H56O. The lowest BCUT2D eigenvalue weighted by Crippen LogP contribution is -2.31. The van der Waals surface area contributed by atoms with Crippen LogP contribution in [-0.2, 0) is 0 Å². The first-order valence-corrected chi connectivity index (χ1v) is 15.2. The normalized spacial score (nSPS) is 29.9. The Morgan fingerprint density at radius 2 is 1.81 bits per heavy atom. The summed E-state index contributed by atoms with van der Waals surface area (Å²) in [6, 6.07) is 6.56. The van der Waals surface area contributed by atoms with Gasteiger partial charge in [0.15, 0.2) is 0 Å². The predicted octanol–water partition coefficient (Wildman–Crippen LogP) is 10.8. The van der Waals surface area contributed by atoms with Crippen LogP contribution in [-0.4, -0.2) is 6.61 Å². The third-order valence-electron chi connectivity index (χ3n) is 10.3. The van der Waals surface area contributed by atoms with Crippen LogP contribution in [0.5, 0.6) is 5.75 Å². The Labute approximate surface area is 224 Å². The van der Waals surface area contributed by atoms with Crippen molar-refractivity contribution in [2.75, 3.05) is 6.61 Å². The molecule has 2 fully saturated rings. The third kappa shape index (κ3) is 7.29. The molecule has 3 rings (SSSR count). The Morgan fingerprint density at radius 1 is 1.08 bits per heavy atom. The average molecular weight is 493 g/mol. The molecule has 0 aliphatic heterocycles. The largest absolute Gasteiger partial charge is 0.493 e. The highest BCUT2D eigenvalue weighted by Crippen LogP contribution is 2.47. The van der Waals surface area contributed by atoms with Gasteiger partial charge in [-0.15, -0.1) is 0 Å². The van der Waals surface area contributed by atoms with Crippen LogP contribution in [0.4, 0.5) is 0 Å². The van der Waals surface area contributed by atoms with Crippen molar-refractivity contribution in [3.63, 3.8) is 0 Å². The van der Waals surface area contributed by atoms with Crippen LogP contribution in [0.15, 0.2) is 35.9 Å². The van der Waals surface area contributed by atoms with Gasteiger partial charge < -0.3 is 4.74 Å². The second-order valence-corrected chi connectivity index (χ2v) is 13.3. The van der Waals surface area contributed by atoms with Crippen molar-refractivity contribution in [1.82, 2.24) is 0 Å². The molecule has 1 aromatic carbocycles. The number of hydrogen-bond acceptors (Lipinski definition) is 1. The molecule has 202 valence electrons. The van der Waals surface area contributed by atoms with Crippen molar-refractivity contribution in [1.29, 1.82) is 0 Å². The zero-order chi connectivity index (χ0) is 26.3. The highest BCUT2D eigenvalue weighted by atomic mass is 16.5. The van der Waals surface area contributed by atoms with Crippen LogP contribution < -0.4 is 4.74 Å². The summed E-state index contributed by atoms with van der Waals surface area (Å²) in [6.07, 6.45) is 20.3. The van der Waals surface area contributed by atoms with E-state index in [0.29, 0.717) is 16.7 Å². The van der Waals surface area contributed by atoms with E-state index in [0.717, 1.165) is 30.1 Å². The van der Waals surface area contributed by atoms with Crippen molar-refractivity contribution in [2.45, 2.75) is 120 Å². The molecule has 0 N–H and O–H groups in total. The third-order valence-corrected chi connectivity index (χ3v) is 10.3. The van der Waals surface area contributed by atoms with E-state index in [9.17, 15) is 0 Å². The van der Waals surface area contributed by atoms with Crippen molar-refractivity contribution >= 4 is 6.08 Å². The van der Waals surface area contributed by atoms with Gasteiger partial charge in [-0.25, -0.2) is 0 Å². The van der Waals surface area contributed by atoms with Crippen molar-refractivity contribution in [2.24, 2.45) is 34.5 Å². The molecule has 1 nitrogen and oxygen atoms in total. The van der Waals surface area contributed by atoms with E-state index in [1.165, 1.54) is 75.3 Å². The molecule has 0 radical (unpaired) electrons. The molecule has 0 bridgehead atoms. The van der Waals surface area contributed by atoms with Crippen molar-refractivity contribution in [3.8, 4) is 5.75 Å². The molecule has 0 heterocycles. The molecule has 3 atom stereocenters. The first-order valence-electron chi connectivity index (χ1n) is 15.2. The van der Waals surface area contributed by atoms with Crippen LogP contribution in [0, 0.1) is 41.4 Å². The van der Waals surface area contributed by atoms with Gasteiger partial charge in [-0.2, -0.15) is 0 Å². The summed E-state index contributed by atoms with van der Waals surface area (Å²) in [5.74, 6) is 4.14. The molecule has 1 aromatic rings. The first kappa shape index (κ1) is 29.1. The summed E-state index contributed by atoms with van der Waals surface area (Å²) < 4.78 is 6.33. The highest BCUT2D eigenvalue weighted by Gasteiger charge is 2.35. The Morgan fingerprint density at radius 3 is 2.44 bits per heavy atom. The molecule has 2 aliphatic carbocycles. The zero-order valence-electron chi connectivity index (χ0n) is 25.0. The molecule has 2 saturated carbocycles. The number of ether oxygens (including phenoxy) is 1. The lowest BCUT2D eigenvalue weighted by molar-refractivity contribution is 0.0945. The Balaban J connectivity index is 1.53. The Hall–Kier alpha value is -1.50. The number of allylic oxidation sites excluding steroid dienone is 3. The van der Waals surface area contributed by atoms with Crippen LogP contribution in [0.2, 0.25) is 0 Å². The quantitative estimate of drug-likeness (QED) is 0.295. The molecule has 0 saturated heterocycles. The van der Waals surface area contributed by atoms with Crippen LogP contribution >= 0.6 is 0 Å². The topological polar surface area (TPSA) is 9.23 Å². The smallest absolute Gasteiger partial charge is 0.122 e. The Kier molecular flexibility index (Phi) is 10.4. The first-order chi connectivity index (χ1) is 17.1. The van der Waals surface area contributed by atoms with E-state index in [2.05, 4.69) is 91.8 Å². The van der Waals surface area contributed by atoms with E-state index in [-0.39, 0.29) is 0 Å².